The largest absolute Gasteiger partial charge is 0.405 e. The van der Waals surface area contributed by atoms with Gasteiger partial charge in [0.25, 0.3) is 0 Å². The van der Waals surface area contributed by atoms with Crippen LogP contribution in [0, 0.1) is 0 Å². The van der Waals surface area contributed by atoms with Crippen LogP contribution >= 0.6 is 12.4 Å². The van der Waals surface area contributed by atoms with Crippen molar-refractivity contribution in [2.75, 3.05) is 13.1 Å². The summed E-state index contributed by atoms with van der Waals surface area (Å²) in [6.45, 7) is -2.00. The zero-order valence-corrected chi connectivity index (χ0v) is 11.6. The van der Waals surface area contributed by atoms with Crippen molar-refractivity contribution in [2.45, 2.75) is 12.2 Å². The highest BCUT2D eigenvalue weighted by Gasteiger charge is 2.27. The van der Waals surface area contributed by atoms with E-state index < -0.39 is 37.1 Å². The Labute approximate surface area is 125 Å². The molecule has 118 valence electrons. The van der Waals surface area contributed by atoms with Crippen molar-refractivity contribution in [3.63, 3.8) is 0 Å². The lowest BCUT2D eigenvalue weighted by Crippen LogP contribution is -2.43. The topological polar surface area (TPSA) is 84.2 Å². The van der Waals surface area contributed by atoms with E-state index in [1.807, 2.05) is 0 Å². The average Bonchev–Trinajstić information content (AvgIpc) is 2.41. The molecule has 1 rings (SSSR count). The second-order valence-electron chi connectivity index (χ2n) is 4.00. The fraction of sp³-hybridized carbons (Fsp3) is 0.333. The Hall–Kier alpha value is -1.80. The van der Waals surface area contributed by atoms with Crippen molar-refractivity contribution < 1.29 is 22.8 Å². The van der Waals surface area contributed by atoms with Crippen LogP contribution in [0.5, 0.6) is 0 Å². The number of nitrogens with two attached hydrogens (primary N) is 1. The first-order valence-electron chi connectivity index (χ1n) is 5.71. The van der Waals surface area contributed by atoms with Crippen LogP contribution in [0.1, 0.15) is 11.6 Å². The SMILES string of the molecule is Cl.NC(C(=O)NCC(=O)NCC(F)(F)F)c1ccccc1. The molecule has 0 aliphatic heterocycles. The summed E-state index contributed by atoms with van der Waals surface area (Å²) in [5.41, 5.74) is 6.19. The van der Waals surface area contributed by atoms with Crippen LogP contribution in [0.15, 0.2) is 30.3 Å². The number of benzene rings is 1. The number of hydrogen-bond donors (Lipinski definition) is 3. The van der Waals surface area contributed by atoms with Gasteiger partial charge in [-0.15, -0.1) is 12.4 Å². The Morgan fingerprint density at radius 1 is 1.14 bits per heavy atom. The standard InChI is InChI=1S/C12H14F3N3O2.ClH/c13-12(14,15)7-18-9(19)6-17-11(20)10(16)8-4-2-1-3-5-8;/h1-5,10H,6-7,16H2,(H,17,20)(H,18,19);1H. The van der Waals surface area contributed by atoms with Crippen LogP contribution in [-0.4, -0.2) is 31.1 Å². The van der Waals surface area contributed by atoms with Crippen molar-refractivity contribution in [3.05, 3.63) is 35.9 Å². The van der Waals surface area contributed by atoms with Gasteiger partial charge in [0.15, 0.2) is 0 Å². The van der Waals surface area contributed by atoms with Crippen molar-refractivity contribution in [3.8, 4) is 0 Å². The van der Waals surface area contributed by atoms with E-state index in [1.54, 1.807) is 35.6 Å². The number of halogens is 4. The highest BCUT2D eigenvalue weighted by atomic mass is 35.5. The average molecular weight is 326 g/mol. The number of carbonyl (C=O) groups excluding carboxylic acids is 2. The number of nitrogens with one attached hydrogen (secondary N) is 2. The second-order valence-corrected chi connectivity index (χ2v) is 4.00. The van der Waals surface area contributed by atoms with Gasteiger partial charge >= 0.3 is 6.18 Å². The molecule has 0 aliphatic carbocycles. The van der Waals surface area contributed by atoms with Crippen LogP contribution in [0.3, 0.4) is 0 Å². The molecule has 0 saturated heterocycles. The molecule has 0 fully saturated rings. The normalized spacial score (nSPS) is 12.0. The molecular weight excluding hydrogens is 311 g/mol. The van der Waals surface area contributed by atoms with Crippen molar-refractivity contribution in [1.82, 2.24) is 10.6 Å². The molecule has 9 heteroatoms. The molecule has 21 heavy (non-hydrogen) atoms. The fourth-order valence-electron chi connectivity index (χ4n) is 1.35. The van der Waals surface area contributed by atoms with E-state index in [0.29, 0.717) is 5.56 Å². The first kappa shape index (κ1) is 19.2. The quantitative estimate of drug-likeness (QED) is 0.752. The summed E-state index contributed by atoms with van der Waals surface area (Å²) in [4.78, 5) is 22.7. The third-order valence-corrected chi connectivity index (χ3v) is 2.35. The zero-order valence-electron chi connectivity index (χ0n) is 10.8. The van der Waals surface area contributed by atoms with E-state index >= 15 is 0 Å². The van der Waals surface area contributed by atoms with Crippen LogP contribution in [0.25, 0.3) is 0 Å². The minimum atomic E-state index is -4.49. The van der Waals surface area contributed by atoms with Gasteiger partial charge in [0.2, 0.25) is 11.8 Å². The molecule has 1 aromatic carbocycles. The first-order valence-corrected chi connectivity index (χ1v) is 5.71. The van der Waals surface area contributed by atoms with Crippen LogP contribution in [-0.2, 0) is 9.59 Å². The third-order valence-electron chi connectivity index (χ3n) is 2.35. The predicted octanol–water partition coefficient (Wildman–Crippen LogP) is 0.903. The lowest BCUT2D eigenvalue weighted by molar-refractivity contribution is -0.138. The monoisotopic (exact) mass is 325 g/mol. The smallest absolute Gasteiger partial charge is 0.345 e. The van der Waals surface area contributed by atoms with E-state index in [0.717, 1.165) is 0 Å². The Kier molecular flexibility index (Phi) is 7.75. The molecule has 0 radical (unpaired) electrons. The molecule has 0 aliphatic rings. The van der Waals surface area contributed by atoms with Gasteiger partial charge in [-0.05, 0) is 5.56 Å². The van der Waals surface area contributed by atoms with Gasteiger partial charge in [0.05, 0.1) is 6.54 Å². The molecule has 4 N–H and O–H groups in total. The molecule has 0 aromatic heterocycles. The van der Waals surface area contributed by atoms with Gasteiger partial charge in [0.1, 0.15) is 12.6 Å². The Morgan fingerprint density at radius 3 is 2.24 bits per heavy atom. The lowest BCUT2D eigenvalue weighted by atomic mass is 10.1. The van der Waals surface area contributed by atoms with Gasteiger partial charge < -0.3 is 16.4 Å². The van der Waals surface area contributed by atoms with E-state index in [9.17, 15) is 22.8 Å². The molecule has 0 bridgehead atoms. The maximum absolute atomic E-state index is 11.8. The van der Waals surface area contributed by atoms with E-state index in [2.05, 4.69) is 5.32 Å². The molecule has 0 saturated carbocycles. The Balaban J connectivity index is 0.00000400. The molecule has 1 aromatic rings. The Bertz CT molecular complexity index is 469. The van der Waals surface area contributed by atoms with Crippen LogP contribution in [0.4, 0.5) is 13.2 Å². The van der Waals surface area contributed by atoms with Gasteiger partial charge in [0, 0.05) is 0 Å². The summed E-state index contributed by atoms with van der Waals surface area (Å²) in [6.07, 6.45) is -4.49. The van der Waals surface area contributed by atoms with E-state index in [1.165, 1.54) is 0 Å². The van der Waals surface area contributed by atoms with Gasteiger partial charge in [-0.3, -0.25) is 9.59 Å². The zero-order chi connectivity index (χ0) is 15.2. The van der Waals surface area contributed by atoms with Gasteiger partial charge in [-0.25, -0.2) is 0 Å². The van der Waals surface area contributed by atoms with E-state index in [4.69, 9.17) is 5.73 Å². The minimum absolute atomic E-state index is 0. The highest BCUT2D eigenvalue weighted by molar-refractivity contribution is 5.88. The first-order chi connectivity index (χ1) is 9.29. The number of alkyl halides is 3. The summed E-state index contributed by atoms with van der Waals surface area (Å²) in [5, 5.41) is 3.81. The minimum Gasteiger partial charge on any atom is -0.345 e. The summed E-state index contributed by atoms with van der Waals surface area (Å²) in [6, 6.07) is 7.42. The number of carbonyl (C=O) groups is 2. The number of amides is 2. The molecule has 0 spiro atoms. The number of hydrogen-bond acceptors (Lipinski definition) is 3. The third kappa shape index (κ3) is 7.52. The maximum atomic E-state index is 11.8. The lowest BCUT2D eigenvalue weighted by Gasteiger charge is -2.13. The molecule has 5 nitrogen and oxygen atoms in total. The molecule has 2 amide bonds. The van der Waals surface area contributed by atoms with Gasteiger partial charge in [-0.1, -0.05) is 30.3 Å². The predicted molar refractivity (Wildman–Crippen MR) is 72.7 cm³/mol. The van der Waals surface area contributed by atoms with Crippen molar-refractivity contribution in [2.24, 2.45) is 5.73 Å². The number of rotatable bonds is 5. The summed E-state index contributed by atoms with van der Waals surface area (Å²) >= 11 is 0. The fourth-order valence-corrected chi connectivity index (χ4v) is 1.35. The van der Waals surface area contributed by atoms with Crippen molar-refractivity contribution >= 4 is 24.2 Å². The molecule has 1 atom stereocenters. The van der Waals surface area contributed by atoms with Gasteiger partial charge in [-0.2, -0.15) is 13.2 Å². The maximum Gasteiger partial charge on any atom is 0.405 e. The molecular formula is C12H15ClF3N3O2. The van der Waals surface area contributed by atoms with Crippen LogP contribution in [0.2, 0.25) is 0 Å². The molecule has 0 heterocycles. The second kappa shape index (κ2) is 8.48. The summed E-state index contributed by atoms with van der Waals surface area (Å²) in [5.74, 6) is -1.57. The van der Waals surface area contributed by atoms with Crippen molar-refractivity contribution in [1.29, 1.82) is 0 Å². The highest BCUT2D eigenvalue weighted by Crippen LogP contribution is 2.12. The van der Waals surface area contributed by atoms with Crippen LogP contribution < -0.4 is 16.4 Å². The summed E-state index contributed by atoms with van der Waals surface area (Å²) in [7, 11) is 0. The molecule has 1 unspecified atom stereocenters. The Morgan fingerprint density at radius 2 is 1.71 bits per heavy atom. The van der Waals surface area contributed by atoms with E-state index in [-0.39, 0.29) is 12.4 Å². The summed E-state index contributed by atoms with van der Waals surface area (Å²) < 4.78 is 35.5.